The molecule has 1 aliphatic rings. The zero-order chi connectivity index (χ0) is 8.44. The molecule has 1 atom stereocenters. The predicted octanol–water partition coefficient (Wildman–Crippen LogP) is 1.92. The van der Waals surface area contributed by atoms with Crippen LogP contribution in [0.1, 0.15) is 25.5 Å². The molecule has 1 aromatic rings. The van der Waals surface area contributed by atoms with E-state index in [0.717, 1.165) is 25.3 Å². The fourth-order valence-corrected chi connectivity index (χ4v) is 2.01. The van der Waals surface area contributed by atoms with Crippen LogP contribution in [0.3, 0.4) is 0 Å². The smallest absolute Gasteiger partial charge is 0.111 e. The quantitative estimate of drug-likeness (QED) is 0.724. The molecule has 2 nitrogen and oxygen atoms in total. The summed E-state index contributed by atoms with van der Waals surface area (Å²) in [5.74, 6) is 1.15. The Hall–Kier alpha value is -0.760. The van der Waals surface area contributed by atoms with Gasteiger partial charge in [0.2, 0.25) is 0 Å². The van der Waals surface area contributed by atoms with Crippen LogP contribution in [0.25, 0.3) is 0 Å². The molecule has 0 saturated carbocycles. The van der Waals surface area contributed by atoms with E-state index in [0.29, 0.717) is 0 Å². The second kappa shape index (κ2) is 2.94. The summed E-state index contributed by atoms with van der Waals surface area (Å²) < 4.78 is 5.47. The van der Waals surface area contributed by atoms with Crippen molar-refractivity contribution in [2.75, 3.05) is 13.1 Å². The van der Waals surface area contributed by atoms with E-state index >= 15 is 0 Å². The van der Waals surface area contributed by atoms with Gasteiger partial charge in [0.25, 0.3) is 0 Å². The van der Waals surface area contributed by atoms with E-state index in [2.05, 4.69) is 18.3 Å². The van der Waals surface area contributed by atoms with Gasteiger partial charge in [0.15, 0.2) is 0 Å². The molecule has 0 radical (unpaired) electrons. The molecule has 0 bridgehead atoms. The topological polar surface area (TPSA) is 25.2 Å². The molecule has 1 saturated heterocycles. The van der Waals surface area contributed by atoms with Gasteiger partial charge in [0, 0.05) is 12.0 Å². The van der Waals surface area contributed by atoms with Crippen molar-refractivity contribution in [2.45, 2.75) is 25.2 Å². The molecule has 2 rings (SSSR count). The lowest BCUT2D eigenvalue weighted by molar-refractivity contribution is 0.348. The standard InChI is InChI=1S/C10H15NO/c1-2-10(5-6-11-8-10)9-4-3-7-12-9/h3-4,7,11H,2,5-6,8H2,1H3. The zero-order valence-corrected chi connectivity index (χ0v) is 7.47. The molecule has 0 spiro atoms. The minimum Gasteiger partial charge on any atom is -0.469 e. The molecule has 12 heavy (non-hydrogen) atoms. The van der Waals surface area contributed by atoms with Gasteiger partial charge < -0.3 is 9.73 Å². The van der Waals surface area contributed by atoms with Crippen LogP contribution in [0.5, 0.6) is 0 Å². The molecule has 1 N–H and O–H groups in total. The van der Waals surface area contributed by atoms with Crippen molar-refractivity contribution in [1.82, 2.24) is 5.32 Å². The van der Waals surface area contributed by atoms with Crippen molar-refractivity contribution in [3.05, 3.63) is 24.2 Å². The van der Waals surface area contributed by atoms with E-state index in [-0.39, 0.29) is 5.41 Å². The third-order valence-electron chi connectivity index (χ3n) is 2.96. The summed E-state index contributed by atoms with van der Waals surface area (Å²) in [6.07, 6.45) is 4.13. The maximum atomic E-state index is 5.47. The van der Waals surface area contributed by atoms with Gasteiger partial charge in [0.1, 0.15) is 5.76 Å². The van der Waals surface area contributed by atoms with Crippen LogP contribution in [0.15, 0.2) is 22.8 Å². The highest BCUT2D eigenvalue weighted by molar-refractivity contribution is 5.16. The Morgan fingerprint density at radius 2 is 2.58 bits per heavy atom. The number of hydrogen-bond donors (Lipinski definition) is 1. The second-order valence-electron chi connectivity index (χ2n) is 3.54. The van der Waals surface area contributed by atoms with Gasteiger partial charge in [-0.2, -0.15) is 0 Å². The van der Waals surface area contributed by atoms with Crippen LogP contribution in [-0.2, 0) is 5.41 Å². The predicted molar refractivity (Wildman–Crippen MR) is 48.2 cm³/mol. The van der Waals surface area contributed by atoms with E-state index in [9.17, 15) is 0 Å². The van der Waals surface area contributed by atoms with Crippen molar-refractivity contribution >= 4 is 0 Å². The van der Waals surface area contributed by atoms with Crippen molar-refractivity contribution in [2.24, 2.45) is 0 Å². The van der Waals surface area contributed by atoms with Gasteiger partial charge in [-0.3, -0.25) is 0 Å². The lowest BCUT2D eigenvalue weighted by Crippen LogP contribution is -2.27. The van der Waals surface area contributed by atoms with Crippen molar-refractivity contribution in [3.8, 4) is 0 Å². The minimum atomic E-state index is 0.281. The Morgan fingerprint density at radius 3 is 3.08 bits per heavy atom. The largest absolute Gasteiger partial charge is 0.469 e. The first kappa shape index (κ1) is 7.87. The Kier molecular flexibility index (Phi) is 1.93. The zero-order valence-electron chi connectivity index (χ0n) is 7.47. The molecular formula is C10H15NO. The average molecular weight is 165 g/mol. The highest BCUT2D eigenvalue weighted by atomic mass is 16.3. The summed E-state index contributed by atoms with van der Waals surface area (Å²) in [4.78, 5) is 0. The molecule has 2 heterocycles. The van der Waals surface area contributed by atoms with Gasteiger partial charge in [-0.1, -0.05) is 6.92 Å². The fourth-order valence-electron chi connectivity index (χ4n) is 2.01. The third-order valence-corrected chi connectivity index (χ3v) is 2.96. The first-order chi connectivity index (χ1) is 5.87. The molecule has 0 aliphatic carbocycles. The molecule has 0 aromatic carbocycles. The Morgan fingerprint density at radius 1 is 1.67 bits per heavy atom. The number of hydrogen-bond acceptors (Lipinski definition) is 2. The van der Waals surface area contributed by atoms with Crippen molar-refractivity contribution in [3.63, 3.8) is 0 Å². The Balaban J connectivity index is 2.28. The molecule has 1 fully saturated rings. The van der Waals surface area contributed by atoms with Crippen LogP contribution in [0, 0.1) is 0 Å². The van der Waals surface area contributed by atoms with Crippen LogP contribution in [0.4, 0.5) is 0 Å². The van der Waals surface area contributed by atoms with Gasteiger partial charge >= 0.3 is 0 Å². The van der Waals surface area contributed by atoms with Crippen molar-refractivity contribution in [1.29, 1.82) is 0 Å². The molecule has 1 aliphatic heterocycles. The molecule has 66 valence electrons. The van der Waals surface area contributed by atoms with E-state index in [1.165, 1.54) is 6.42 Å². The summed E-state index contributed by atoms with van der Waals surface area (Å²) >= 11 is 0. The summed E-state index contributed by atoms with van der Waals surface area (Å²) in [6, 6.07) is 4.07. The van der Waals surface area contributed by atoms with E-state index < -0.39 is 0 Å². The van der Waals surface area contributed by atoms with Crippen LogP contribution < -0.4 is 5.32 Å². The fraction of sp³-hybridized carbons (Fsp3) is 0.600. The van der Waals surface area contributed by atoms with Crippen LogP contribution >= 0.6 is 0 Å². The van der Waals surface area contributed by atoms with Gasteiger partial charge in [-0.15, -0.1) is 0 Å². The first-order valence-electron chi connectivity index (χ1n) is 4.62. The van der Waals surface area contributed by atoms with Crippen LogP contribution in [-0.4, -0.2) is 13.1 Å². The molecule has 0 amide bonds. The Labute approximate surface area is 73.0 Å². The number of nitrogens with one attached hydrogen (secondary N) is 1. The number of furan rings is 1. The van der Waals surface area contributed by atoms with Crippen molar-refractivity contribution < 1.29 is 4.42 Å². The SMILES string of the molecule is CCC1(c2ccco2)CCNC1. The first-order valence-corrected chi connectivity index (χ1v) is 4.62. The molecular weight excluding hydrogens is 150 g/mol. The van der Waals surface area contributed by atoms with E-state index in [4.69, 9.17) is 4.42 Å². The molecule has 1 aromatic heterocycles. The van der Waals surface area contributed by atoms with E-state index in [1.54, 1.807) is 6.26 Å². The molecule has 1 unspecified atom stereocenters. The lowest BCUT2D eigenvalue weighted by atomic mass is 9.82. The summed E-state index contributed by atoms with van der Waals surface area (Å²) in [5.41, 5.74) is 0.281. The second-order valence-corrected chi connectivity index (χ2v) is 3.54. The highest BCUT2D eigenvalue weighted by Gasteiger charge is 2.35. The summed E-state index contributed by atoms with van der Waals surface area (Å²) in [5, 5.41) is 3.39. The lowest BCUT2D eigenvalue weighted by Gasteiger charge is -2.23. The summed E-state index contributed by atoms with van der Waals surface area (Å²) in [7, 11) is 0. The minimum absolute atomic E-state index is 0.281. The Bertz CT molecular complexity index is 234. The van der Waals surface area contributed by atoms with Crippen LogP contribution in [0.2, 0.25) is 0 Å². The monoisotopic (exact) mass is 165 g/mol. The summed E-state index contributed by atoms with van der Waals surface area (Å²) in [6.45, 7) is 4.42. The maximum Gasteiger partial charge on any atom is 0.111 e. The average Bonchev–Trinajstić information content (AvgIpc) is 2.76. The highest BCUT2D eigenvalue weighted by Crippen LogP contribution is 2.33. The van der Waals surface area contributed by atoms with Gasteiger partial charge in [-0.05, 0) is 31.5 Å². The number of rotatable bonds is 2. The van der Waals surface area contributed by atoms with Gasteiger partial charge in [0.05, 0.1) is 6.26 Å². The van der Waals surface area contributed by atoms with E-state index in [1.807, 2.05) is 6.07 Å². The third kappa shape index (κ3) is 1.07. The maximum absolute atomic E-state index is 5.47. The normalized spacial score (nSPS) is 29.4. The molecule has 2 heteroatoms. The van der Waals surface area contributed by atoms with Gasteiger partial charge in [-0.25, -0.2) is 0 Å².